The number of pyridine rings is 1. The van der Waals surface area contributed by atoms with Crippen molar-refractivity contribution < 1.29 is 9.90 Å². The molecule has 1 aliphatic heterocycles. The summed E-state index contributed by atoms with van der Waals surface area (Å²) in [7, 11) is 3.81. The molecule has 0 saturated heterocycles. The average Bonchev–Trinajstić information content (AvgIpc) is 3.62. The highest BCUT2D eigenvalue weighted by atomic mass is 35.5. The van der Waals surface area contributed by atoms with E-state index in [0.29, 0.717) is 11.6 Å². The third-order valence-electron chi connectivity index (χ3n) is 6.15. The van der Waals surface area contributed by atoms with Gasteiger partial charge in [0.15, 0.2) is 0 Å². The Morgan fingerprint density at radius 2 is 2.14 bits per heavy atom. The van der Waals surface area contributed by atoms with Crippen LogP contribution >= 0.6 is 22.9 Å². The van der Waals surface area contributed by atoms with Crippen LogP contribution in [0, 0.1) is 0 Å². The lowest BCUT2D eigenvalue weighted by Crippen LogP contribution is -2.30. The van der Waals surface area contributed by atoms with Crippen LogP contribution < -0.4 is 10.9 Å². The predicted octanol–water partition coefficient (Wildman–Crippen LogP) is 3.54. The lowest BCUT2D eigenvalue weighted by atomic mass is 10.0. The molecule has 1 aliphatic rings. The molecule has 37 heavy (non-hydrogen) atoms. The number of aromatic carboxylic acids is 1. The van der Waals surface area contributed by atoms with Gasteiger partial charge >= 0.3 is 5.97 Å². The third-order valence-corrected chi connectivity index (χ3v) is 7.30. The third kappa shape index (κ3) is 5.13. The number of rotatable bonds is 8. The number of carboxylic acid groups (broad SMARTS) is 1. The minimum absolute atomic E-state index is 0.0435. The Morgan fingerprint density at radius 3 is 2.84 bits per heavy atom. The Bertz CT molecular complexity index is 1540. The van der Waals surface area contributed by atoms with Crippen molar-refractivity contribution in [2.45, 2.75) is 18.9 Å². The summed E-state index contributed by atoms with van der Waals surface area (Å²) in [5.74, 6) is -0.949. The van der Waals surface area contributed by atoms with Crippen molar-refractivity contribution in [1.29, 1.82) is 0 Å². The Hall–Kier alpha value is -3.96. The van der Waals surface area contributed by atoms with Crippen LogP contribution in [0.15, 0.2) is 59.1 Å². The fourth-order valence-electron chi connectivity index (χ4n) is 4.54. The van der Waals surface area contributed by atoms with Gasteiger partial charge < -0.3 is 19.9 Å². The van der Waals surface area contributed by atoms with Gasteiger partial charge in [0.2, 0.25) is 0 Å². The van der Waals surface area contributed by atoms with Crippen LogP contribution in [-0.4, -0.2) is 61.4 Å². The summed E-state index contributed by atoms with van der Waals surface area (Å²) in [4.78, 5) is 26.9. The highest BCUT2D eigenvalue weighted by Crippen LogP contribution is 2.32. The molecule has 10 nitrogen and oxygen atoms in total. The number of carbonyl (C=O) groups is 1. The Morgan fingerprint density at radius 1 is 1.30 bits per heavy atom. The maximum Gasteiger partial charge on any atom is 0.345 e. The van der Waals surface area contributed by atoms with Gasteiger partial charge in [0.05, 0.1) is 17.4 Å². The van der Waals surface area contributed by atoms with Gasteiger partial charge in [0, 0.05) is 60.1 Å². The van der Waals surface area contributed by atoms with Crippen LogP contribution in [0.1, 0.15) is 33.4 Å². The molecule has 4 heterocycles. The molecular weight excluding hydrogens is 514 g/mol. The molecule has 0 saturated carbocycles. The number of carboxylic acids is 1. The van der Waals surface area contributed by atoms with Crippen LogP contribution in [0.3, 0.4) is 0 Å². The normalized spacial score (nSPS) is 15.0. The number of tetrazole rings is 1. The number of nitrogens with zero attached hydrogens (tertiary/aromatic N) is 6. The Kier molecular flexibility index (Phi) is 6.81. The van der Waals surface area contributed by atoms with Crippen LogP contribution in [0.5, 0.6) is 0 Å². The molecule has 4 aromatic rings. The molecule has 0 unspecified atom stereocenters. The summed E-state index contributed by atoms with van der Waals surface area (Å²) < 4.78 is 3.38. The van der Waals surface area contributed by atoms with Crippen molar-refractivity contribution in [2.75, 3.05) is 20.6 Å². The number of benzene rings is 1. The second-order valence-corrected chi connectivity index (χ2v) is 10.3. The van der Waals surface area contributed by atoms with Crippen molar-refractivity contribution in [1.82, 2.24) is 35.0 Å². The number of nitrogens with one attached hydrogen (secondary N) is 1. The molecule has 0 amide bonds. The van der Waals surface area contributed by atoms with E-state index in [1.165, 1.54) is 17.7 Å². The molecule has 2 N–H and O–H groups in total. The van der Waals surface area contributed by atoms with E-state index in [1.54, 1.807) is 22.9 Å². The molecule has 1 atom stereocenters. The Labute approximate surface area is 221 Å². The molecule has 3 aromatic heterocycles. The lowest BCUT2D eigenvalue weighted by molar-refractivity contribution is 0.0702. The summed E-state index contributed by atoms with van der Waals surface area (Å²) in [5, 5.41) is 26.5. The highest BCUT2D eigenvalue weighted by molar-refractivity contribution is 7.12. The van der Waals surface area contributed by atoms with Crippen molar-refractivity contribution in [2.24, 2.45) is 0 Å². The van der Waals surface area contributed by atoms with Crippen LogP contribution in [-0.2, 0) is 6.42 Å². The summed E-state index contributed by atoms with van der Waals surface area (Å²) in [5.41, 5.74) is 4.70. The van der Waals surface area contributed by atoms with Crippen molar-refractivity contribution >= 4 is 34.6 Å². The van der Waals surface area contributed by atoms with E-state index >= 15 is 0 Å². The predicted molar refractivity (Wildman–Crippen MR) is 142 cm³/mol. The first-order chi connectivity index (χ1) is 17.8. The number of hydrogen-bond acceptors (Lipinski definition) is 8. The molecule has 0 aliphatic carbocycles. The maximum absolute atomic E-state index is 13.3. The molecule has 0 fully saturated rings. The fourth-order valence-corrected chi connectivity index (χ4v) is 5.46. The van der Waals surface area contributed by atoms with Gasteiger partial charge in [-0.3, -0.25) is 4.79 Å². The molecule has 12 heteroatoms. The van der Waals surface area contributed by atoms with E-state index in [9.17, 15) is 14.7 Å². The first-order valence-electron chi connectivity index (χ1n) is 11.5. The number of hydrogen-bond donors (Lipinski definition) is 2. The average molecular weight is 538 g/mol. The lowest BCUT2D eigenvalue weighted by Gasteiger charge is -2.19. The minimum Gasteiger partial charge on any atom is -0.477 e. The van der Waals surface area contributed by atoms with Crippen molar-refractivity contribution in [3.8, 4) is 16.8 Å². The fraction of sp³-hybridized carbons (Fsp3) is 0.240. The first kappa shape index (κ1) is 24.7. The molecule has 0 radical (unpaired) electrons. The zero-order chi connectivity index (χ0) is 26.1. The highest BCUT2D eigenvalue weighted by Gasteiger charge is 2.25. The van der Waals surface area contributed by atoms with Crippen LogP contribution in [0.2, 0.25) is 5.02 Å². The SMILES string of the molecule is CN(C)/C=C(\NC[C@@H]1CCc2cc(-c3cc(Cl)ccc3-n3cnnn3)cc(=O)n21)c1csc(C(=O)O)c1. The summed E-state index contributed by atoms with van der Waals surface area (Å²) in [6.07, 6.45) is 4.97. The summed E-state index contributed by atoms with van der Waals surface area (Å²) in [6, 6.07) is 10.6. The van der Waals surface area contributed by atoms with Gasteiger partial charge in [-0.05, 0) is 59.2 Å². The largest absolute Gasteiger partial charge is 0.477 e. The van der Waals surface area contributed by atoms with Crippen molar-refractivity contribution in [3.05, 3.63) is 85.8 Å². The van der Waals surface area contributed by atoms with Gasteiger partial charge in [0.25, 0.3) is 5.56 Å². The van der Waals surface area contributed by atoms with Gasteiger partial charge in [0.1, 0.15) is 11.2 Å². The summed E-state index contributed by atoms with van der Waals surface area (Å²) >= 11 is 7.48. The molecule has 0 spiro atoms. The molecule has 190 valence electrons. The molecule has 5 rings (SSSR count). The first-order valence-corrected chi connectivity index (χ1v) is 12.8. The number of fused-ring (bicyclic) bond motifs is 1. The van der Waals surface area contributed by atoms with E-state index in [2.05, 4.69) is 20.8 Å². The zero-order valence-electron chi connectivity index (χ0n) is 20.1. The number of thiophene rings is 1. The van der Waals surface area contributed by atoms with E-state index in [-0.39, 0.29) is 16.5 Å². The second-order valence-electron chi connectivity index (χ2n) is 8.94. The van der Waals surface area contributed by atoms with E-state index in [1.807, 2.05) is 53.3 Å². The van der Waals surface area contributed by atoms with E-state index in [0.717, 1.165) is 46.6 Å². The molecular formula is C25H24ClN7O3S. The van der Waals surface area contributed by atoms with Gasteiger partial charge in [-0.1, -0.05) is 11.6 Å². The van der Waals surface area contributed by atoms with Gasteiger partial charge in [-0.15, -0.1) is 16.4 Å². The van der Waals surface area contributed by atoms with Crippen LogP contribution in [0.4, 0.5) is 0 Å². The summed E-state index contributed by atoms with van der Waals surface area (Å²) in [6.45, 7) is 0.525. The van der Waals surface area contributed by atoms with E-state index < -0.39 is 5.97 Å². The standard InChI is InChI=1S/C25H24ClN7O3S/c1-31(2)12-21(16-8-23(25(35)36)37-13-16)27-11-19-5-4-18-7-15(9-24(34)33(18)19)20-10-17(26)3-6-22(20)32-14-28-29-30-32/h3,6-10,12-14,19,27H,4-5,11H2,1-2H3,(H,35,36)/b21-12-/t19-/m0/s1. The number of halogens is 1. The monoisotopic (exact) mass is 537 g/mol. The van der Waals surface area contributed by atoms with Crippen LogP contribution in [0.25, 0.3) is 22.5 Å². The number of aromatic nitrogens is 5. The Balaban J connectivity index is 1.42. The second kappa shape index (κ2) is 10.2. The maximum atomic E-state index is 13.3. The van der Waals surface area contributed by atoms with Gasteiger partial charge in [-0.2, -0.15) is 4.68 Å². The quantitative estimate of drug-likeness (QED) is 0.350. The van der Waals surface area contributed by atoms with E-state index in [4.69, 9.17) is 11.6 Å². The van der Waals surface area contributed by atoms with Gasteiger partial charge in [-0.25, -0.2) is 4.79 Å². The topological polar surface area (TPSA) is 118 Å². The zero-order valence-corrected chi connectivity index (χ0v) is 21.7. The minimum atomic E-state index is -0.949. The molecule has 1 aromatic carbocycles. The number of aryl methyl sites for hydroxylation is 1. The smallest absolute Gasteiger partial charge is 0.345 e. The molecule has 0 bridgehead atoms. The van der Waals surface area contributed by atoms with Crippen molar-refractivity contribution in [3.63, 3.8) is 0 Å².